The third-order valence-corrected chi connectivity index (χ3v) is 4.72. The van der Waals surface area contributed by atoms with Gasteiger partial charge in [-0.2, -0.15) is 0 Å². The molecule has 0 spiro atoms. The molecule has 1 fully saturated rings. The van der Waals surface area contributed by atoms with Crippen LogP contribution in [0.5, 0.6) is 0 Å². The number of likely N-dealkylation sites (tertiary alicyclic amines) is 1. The molecule has 1 aliphatic rings. The van der Waals surface area contributed by atoms with Crippen molar-refractivity contribution >= 4 is 11.6 Å². The van der Waals surface area contributed by atoms with Crippen molar-refractivity contribution in [1.82, 2.24) is 19.9 Å². The van der Waals surface area contributed by atoms with E-state index in [0.717, 1.165) is 17.7 Å². The molecule has 26 heavy (non-hydrogen) atoms. The van der Waals surface area contributed by atoms with Gasteiger partial charge in [-0.3, -0.25) is 9.59 Å². The number of anilines is 1. The average Bonchev–Trinajstić information content (AvgIpc) is 2.60. The second kappa shape index (κ2) is 7.51. The molecule has 2 aromatic rings. The van der Waals surface area contributed by atoms with Crippen molar-refractivity contribution in [1.29, 1.82) is 0 Å². The van der Waals surface area contributed by atoms with E-state index in [0.29, 0.717) is 30.5 Å². The molecule has 3 rings (SSSR count). The minimum Gasteiger partial charge on any atom is -0.377 e. The summed E-state index contributed by atoms with van der Waals surface area (Å²) < 4.78 is 0. The highest BCUT2D eigenvalue weighted by Gasteiger charge is 2.34. The molecule has 7 nitrogen and oxygen atoms in total. The fraction of sp³-hybridized carbons (Fsp3) is 0.368. The Morgan fingerprint density at radius 3 is 2.96 bits per heavy atom. The molecule has 0 aromatic carbocycles. The number of aromatic nitrogens is 3. The summed E-state index contributed by atoms with van der Waals surface area (Å²) in [5.74, 6) is 0.944. The number of carbonyl (C=O) groups is 1. The summed E-state index contributed by atoms with van der Waals surface area (Å²) >= 11 is 0. The highest BCUT2D eigenvalue weighted by Crippen LogP contribution is 2.25. The van der Waals surface area contributed by atoms with Crippen LogP contribution in [0.1, 0.15) is 19.2 Å². The lowest BCUT2D eigenvalue weighted by atomic mass is 9.89. The summed E-state index contributed by atoms with van der Waals surface area (Å²) in [4.78, 5) is 36.9. The lowest BCUT2D eigenvalue weighted by Gasteiger charge is -2.43. The fourth-order valence-electron chi connectivity index (χ4n) is 3.19. The monoisotopic (exact) mass is 353 g/mol. The molecular formula is C19H23N5O2. The van der Waals surface area contributed by atoms with Crippen molar-refractivity contribution in [3.05, 3.63) is 53.4 Å². The van der Waals surface area contributed by atoms with Gasteiger partial charge in [0.1, 0.15) is 11.5 Å². The van der Waals surface area contributed by atoms with Crippen LogP contribution in [0, 0.1) is 12.8 Å². The number of rotatable bonds is 6. The van der Waals surface area contributed by atoms with E-state index in [4.69, 9.17) is 0 Å². The maximum Gasteiger partial charge on any atom is 0.271 e. The van der Waals surface area contributed by atoms with Crippen molar-refractivity contribution in [3.8, 4) is 11.3 Å². The van der Waals surface area contributed by atoms with Crippen LogP contribution in [0.15, 0.2) is 42.0 Å². The van der Waals surface area contributed by atoms with Gasteiger partial charge in [-0.25, -0.2) is 9.97 Å². The molecule has 136 valence electrons. The van der Waals surface area contributed by atoms with E-state index in [-0.39, 0.29) is 17.5 Å². The Morgan fingerprint density at radius 1 is 1.54 bits per heavy atom. The van der Waals surface area contributed by atoms with Gasteiger partial charge in [0.15, 0.2) is 0 Å². The van der Waals surface area contributed by atoms with Gasteiger partial charge in [0.2, 0.25) is 5.91 Å². The first-order chi connectivity index (χ1) is 12.5. The van der Waals surface area contributed by atoms with Crippen LogP contribution in [0.3, 0.4) is 0 Å². The summed E-state index contributed by atoms with van der Waals surface area (Å²) in [5.41, 5.74) is 1.93. The summed E-state index contributed by atoms with van der Waals surface area (Å²) in [6.07, 6.45) is 5.55. The van der Waals surface area contributed by atoms with E-state index in [1.54, 1.807) is 17.3 Å². The van der Waals surface area contributed by atoms with Gasteiger partial charge >= 0.3 is 0 Å². The molecular weight excluding hydrogens is 330 g/mol. The normalized spacial score (nSPS) is 15.2. The summed E-state index contributed by atoms with van der Waals surface area (Å²) in [7, 11) is 0. The molecule has 1 unspecified atom stereocenters. The third kappa shape index (κ3) is 3.66. The first-order valence-corrected chi connectivity index (χ1v) is 8.72. The Bertz CT molecular complexity index is 870. The van der Waals surface area contributed by atoms with Crippen LogP contribution >= 0.6 is 0 Å². The van der Waals surface area contributed by atoms with Crippen LogP contribution < -0.4 is 10.9 Å². The molecule has 2 aromatic heterocycles. The van der Waals surface area contributed by atoms with Crippen molar-refractivity contribution in [2.24, 2.45) is 5.92 Å². The minimum atomic E-state index is -0.170. The second-order valence-electron chi connectivity index (χ2n) is 6.49. The van der Waals surface area contributed by atoms with Crippen molar-refractivity contribution < 1.29 is 4.79 Å². The van der Waals surface area contributed by atoms with Gasteiger partial charge in [0.05, 0.1) is 5.69 Å². The standard InChI is InChI=1S/C19H23N5O2/c1-4-15(14-10-24(11-14)18(25)5-2)23-17-8-13(9-21-19(17)26)16-6-7-20-12(3)22-16/h5-9,14-15,23H,2,4,10-11H2,1,3H3,(H,21,26). The van der Waals surface area contributed by atoms with Crippen molar-refractivity contribution in [3.63, 3.8) is 0 Å². The highest BCUT2D eigenvalue weighted by molar-refractivity contribution is 5.87. The summed E-state index contributed by atoms with van der Waals surface area (Å²) in [5, 5.41) is 3.35. The van der Waals surface area contributed by atoms with Gasteiger partial charge in [0.25, 0.3) is 5.56 Å². The number of aryl methyl sites for hydroxylation is 1. The fourth-order valence-corrected chi connectivity index (χ4v) is 3.19. The molecule has 2 N–H and O–H groups in total. The molecule has 0 radical (unpaired) electrons. The SMILES string of the molecule is C=CC(=O)N1CC(C(CC)Nc2cc(-c3ccnc(C)n3)c[nH]c2=O)C1. The summed E-state index contributed by atoms with van der Waals surface area (Å²) in [6, 6.07) is 3.74. The lowest BCUT2D eigenvalue weighted by molar-refractivity contribution is -0.132. The van der Waals surface area contributed by atoms with Gasteiger partial charge in [0, 0.05) is 43.0 Å². The maximum absolute atomic E-state index is 12.2. The molecule has 3 heterocycles. The number of amides is 1. The quantitative estimate of drug-likeness (QED) is 0.775. The molecule has 1 aliphatic heterocycles. The van der Waals surface area contributed by atoms with Gasteiger partial charge < -0.3 is 15.2 Å². The lowest BCUT2D eigenvalue weighted by Crippen LogP contribution is -2.55. The minimum absolute atomic E-state index is 0.0462. The Labute approximate surface area is 152 Å². The van der Waals surface area contributed by atoms with E-state index in [1.807, 2.05) is 19.1 Å². The Balaban J connectivity index is 1.76. The Hall–Kier alpha value is -2.96. The van der Waals surface area contributed by atoms with E-state index in [9.17, 15) is 9.59 Å². The first-order valence-electron chi connectivity index (χ1n) is 8.72. The van der Waals surface area contributed by atoms with Crippen LogP contribution in [0.4, 0.5) is 5.69 Å². The molecule has 1 amide bonds. The number of pyridine rings is 1. The predicted molar refractivity (Wildman–Crippen MR) is 101 cm³/mol. The zero-order valence-electron chi connectivity index (χ0n) is 15.0. The number of H-pyrrole nitrogens is 1. The predicted octanol–water partition coefficient (Wildman–Crippen LogP) is 1.98. The zero-order chi connectivity index (χ0) is 18.7. The van der Waals surface area contributed by atoms with Crippen LogP contribution in [-0.4, -0.2) is 44.9 Å². The van der Waals surface area contributed by atoms with Gasteiger partial charge in [-0.15, -0.1) is 0 Å². The Morgan fingerprint density at radius 2 is 2.31 bits per heavy atom. The number of hydrogen-bond acceptors (Lipinski definition) is 5. The van der Waals surface area contributed by atoms with E-state index >= 15 is 0 Å². The number of nitrogens with zero attached hydrogens (tertiary/aromatic N) is 3. The van der Waals surface area contributed by atoms with Gasteiger partial charge in [-0.05, 0) is 31.6 Å². The van der Waals surface area contributed by atoms with Crippen molar-refractivity contribution in [2.45, 2.75) is 26.3 Å². The first kappa shape index (κ1) is 17.8. The van der Waals surface area contributed by atoms with Crippen LogP contribution in [0.25, 0.3) is 11.3 Å². The molecule has 1 atom stereocenters. The van der Waals surface area contributed by atoms with Crippen molar-refractivity contribution in [2.75, 3.05) is 18.4 Å². The molecule has 7 heteroatoms. The number of aromatic amines is 1. The Kier molecular flexibility index (Phi) is 5.16. The van der Waals surface area contributed by atoms with Crippen LogP contribution in [-0.2, 0) is 4.79 Å². The molecule has 1 saturated heterocycles. The summed E-state index contributed by atoms with van der Waals surface area (Å²) in [6.45, 7) is 8.77. The third-order valence-electron chi connectivity index (χ3n) is 4.72. The largest absolute Gasteiger partial charge is 0.377 e. The smallest absolute Gasteiger partial charge is 0.271 e. The zero-order valence-corrected chi connectivity index (χ0v) is 15.0. The van der Waals surface area contributed by atoms with E-state index in [1.165, 1.54) is 6.08 Å². The van der Waals surface area contributed by atoms with Gasteiger partial charge in [-0.1, -0.05) is 13.5 Å². The molecule has 0 bridgehead atoms. The maximum atomic E-state index is 12.2. The second-order valence-corrected chi connectivity index (χ2v) is 6.49. The van der Waals surface area contributed by atoms with E-state index in [2.05, 4.69) is 33.8 Å². The number of nitrogens with one attached hydrogen (secondary N) is 2. The topological polar surface area (TPSA) is 91.0 Å². The number of hydrogen-bond donors (Lipinski definition) is 2. The van der Waals surface area contributed by atoms with Crippen LogP contribution in [0.2, 0.25) is 0 Å². The number of carbonyl (C=O) groups excluding carboxylic acids is 1. The molecule has 0 aliphatic carbocycles. The average molecular weight is 353 g/mol. The highest BCUT2D eigenvalue weighted by atomic mass is 16.2. The van der Waals surface area contributed by atoms with E-state index < -0.39 is 0 Å². The molecule has 0 saturated carbocycles.